The van der Waals surface area contributed by atoms with Crippen LogP contribution in [0.2, 0.25) is 0 Å². The molecule has 1 aromatic carbocycles. The summed E-state index contributed by atoms with van der Waals surface area (Å²) in [5, 5.41) is 10.9. The summed E-state index contributed by atoms with van der Waals surface area (Å²) >= 11 is 0. The van der Waals surface area contributed by atoms with Crippen molar-refractivity contribution in [2.45, 2.75) is 38.6 Å². The van der Waals surface area contributed by atoms with Crippen molar-refractivity contribution in [2.24, 2.45) is 11.3 Å². The molecule has 1 aromatic heterocycles. The van der Waals surface area contributed by atoms with Crippen LogP contribution in [0.15, 0.2) is 18.2 Å². The second kappa shape index (κ2) is 7.09. The molecule has 3 saturated heterocycles. The van der Waals surface area contributed by atoms with Crippen molar-refractivity contribution in [3.8, 4) is 0 Å². The predicted molar refractivity (Wildman–Crippen MR) is 106 cm³/mol. The van der Waals surface area contributed by atoms with Crippen molar-refractivity contribution in [3.05, 3.63) is 23.8 Å². The highest BCUT2D eigenvalue weighted by molar-refractivity contribution is 6.04. The van der Waals surface area contributed by atoms with Gasteiger partial charge in [-0.25, -0.2) is 0 Å². The normalized spacial score (nSPS) is 25.7. The Morgan fingerprint density at radius 2 is 2.07 bits per heavy atom. The predicted octanol–water partition coefficient (Wildman–Crippen LogP) is 1.84. The Morgan fingerprint density at radius 1 is 1.24 bits per heavy atom. The summed E-state index contributed by atoms with van der Waals surface area (Å²) in [6.07, 6.45) is 3.37. The number of rotatable bonds is 3. The van der Waals surface area contributed by atoms with Crippen LogP contribution in [0, 0.1) is 11.3 Å². The number of carbonyl (C=O) groups excluding carboxylic acids is 2. The molecule has 8 nitrogen and oxygen atoms in total. The molecular weight excluding hydrogens is 370 g/mol. The van der Waals surface area contributed by atoms with Gasteiger partial charge in [-0.2, -0.15) is 15.4 Å². The minimum atomic E-state index is 0.00589. The summed E-state index contributed by atoms with van der Waals surface area (Å²) < 4.78 is 5.83. The number of fused-ring (bicyclic) bond motifs is 3. The van der Waals surface area contributed by atoms with Crippen LogP contribution in [0.1, 0.15) is 43.0 Å². The van der Waals surface area contributed by atoms with Crippen molar-refractivity contribution in [1.29, 1.82) is 0 Å². The quantitative estimate of drug-likeness (QED) is 0.853. The molecule has 5 rings (SSSR count). The van der Waals surface area contributed by atoms with E-state index in [9.17, 15) is 9.59 Å². The van der Waals surface area contributed by atoms with E-state index in [-0.39, 0.29) is 23.3 Å². The Morgan fingerprint density at radius 3 is 2.86 bits per heavy atom. The zero-order valence-electron chi connectivity index (χ0n) is 16.8. The molecule has 0 bridgehead atoms. The van der Waals surface area contributed by atoms with E-state index in [2.05, 4.69) is 15.4 Å². The van der Waals surface area contributed by atoms with Crippen LogP contribution in [0.25, 0.3) is 11.0 Å². The number of amides is 2. The molecule has 2 atom stereocenters. The van der Waals surface area contributed by atoms with E-state index < -0.39 is 0 Å². The number of aromatic nitrogens is 3. The highest BCUT2D eigenvalue weighted by Gasteiger charge is 2.57. The van der Waals surface area contributed by atoms with Gasteiger partial charge in [0, 0.05) is 32.0 Å². The van der Waals surface area contributed by atoms with Crippen LogP contribution in [-0.2, 0) is 9.53 Å². The van der Waals surface area contributed by atoms with E-state index in [1.165, 1.54) is 0 Å². The van der Waals surface area contributed by atoms with Crippen LogP contribution in [0.3, 0.4) is 0 Å². The molecule has 0 saturated carbocycles. The molecule has 0 unspecified atom stereocenters. The number of nitrogens with one attached hydrogen (secondary N) is 1. The van der Waals surface area contributed by atoms with Crippen molar-refractivity contribution in [3.63, 3.8) is 0 Å². The summed E-state index contributed by atoms with van der Waals surface area (Å²) in [5.41, 5.74) is 1.95. The lowest BCUT2D eigenvalue weighted by Gasteiger charge is -2.42. The van der Waals surface area contributed by atoms with Gasteiger partial charge >= 0.3 is 0 Å². The number of para-hydroxylation sites is 1. The van der Waals surface area contributed by atoms with Crippen LogP contribution in [0.4, 0.5) is 0 Å². The number of hydrogen-bond donors (Lipinski definition) is 1. The van der Waals surface area contributed by atoms with Gasteiger partial charge < -0.3 is 14.5 Å². The molecule has 0 radical (unpaired) electrons. The highest BCUT2D eigenvalue weighted by atomic mass is 16.5. The summed E-state index contributed by atoms with van der Waals surface area (Å²) in [4.78, 5) is 29.8. The molecule has 1 spiro atoms. The van der Waals surface area contributed by atoms with E-state index in [1.54, 1.807) is 0 Å². The number of hydrogen-bond acceptors (Lipinski definition) is 5. The molecule has 1 N–H and O–H groups in total. The fourth-order valence-corrected chi connectivity index (χ4v) is 5.53. The third-order valence-electron chi connectivity index (χ3n) is 7.14. The largest absolute Gasteiger partial charge is 0.379 e. The average molecular weight is 397 g/mol. The lowest BCUT2D eigenvalue weighted by Crippen LogP contribution is -2.47. The maximum atomic E-state index is 13.5. The second-order valence-electron chi connectivity index (χ2n) is 8.63. The number of ether oxygens (including phenoxy) is 1. The van der Waals surface area contributed by atoms with Gasteiger partial charge in [-0.1, -0.05) is 13.0 Å². The number of carbonyl (C=O) groups is 2. The van der Waals surface area contributed by atoms with Gasteiger partial charge in [-0.15, -0.1) is 0 Å². The van der Waals surface area contributed by atoms with Crippen molar-refractivity contribution >= 4 is 22.8 Å². The molecule has 8 heteroatoms. The first-order valence-corrected chi connectivity index (χ1v) is 10.6. The molecule has 154 valence electrons. The van der Waals surface area contributed by atoms with Crippen molar-refractivity contribution < 1.29 is 14.3 Å². The van der Waals surface area contributed by atoms with Gasteiger partial charge in [0.05, 0.1) is 24.8 Å². The smallest absolute Gasteiger partial charge is 0.256 e. The fraction of sp³-hybridized carbons (Fsp3) is 0.619. The lowest BCUT2D eigenvalue weighted by atomic mass is 9.70. The Balaban J connectivity index is 1.39. The number of piperidine rings is 1. The third-order valence-corrected chi connectivity index (χ3v) is 7.14. The van der Waals surface area contributed by atoms with Crippen LogP contribution < -0.4 is 0 Å². The van der Waals surface area contributed by atoms with Crippen LogP contribution in [-0.4, -0.2) is 75.9 Å². The van der Waals surface area contributed by atoms with E-state index in [4.69, 9.17) is 4.74 Å². The molecule has 3 aliphatic rings. The monoisotopic (exact) mass is 397 g/mol. The lowest BCUT2D eigenvalue weighted by molar-refractivity contribution is -0.133. The van der Waals surface area contributed by atoms with Crippen molar-refractivity contribution in [1.82, 2.24) is 25.2 Å². The summed E-state index contributed by atoms with van der Waals surface area (Å²) in [6.45, 7) is 5.62. The molecule has 3 aliphatic heterocycles. The number of H-pyrrole nitrogens is 1. The van der Waals surface area contributed by atoms with E-state index in [0.717, 1.165) is 38.9 Å². The Bertz CT molecular complexity index is 933. The van der Waals surface area contributed by atoms with Crippen LogP contribution in [0.5, 0.6) is 0 Å². The minimum Gasteiger partial charge on any atom is -0.379 e. The molecule has 0 aliphatic carbocycles. The minimum absolute atomic E-state index is 0.00589. The first-order chi connectivity index (χ1) is 14.1. The number of aromatic amines is 1. The fourth-order valence-electron chi connectivity index (χ4n) is 5.53. The first kappa shape index (κ1) is 18.5. The van der Waals surface area contributed by atoms with E-state index >= 15 is 0 Å². The molecule has 2 amide bonds. The first-order valence-electron chi connectivity index (χ1n) is 10.6. The summed E-state index contributed by atoms with van der Waals surface area (Å²) in [5.74, 6) is 0.600. The van der Waals surface area contributed by atoms with Gasteiger partial charge in [0.15, 0.2) is 0 Å². The maximum Gasteiger partial charge on any atom is 0.256 e. The van der Waals surface area contributed by atoms with Gasteiger partial charge in [-0.3, -0.25) is 9.59 Å². The van der Waals surface area contributed by atoms with Gasteiger partial charge in [-0.05, 0) is 36.8 Å². The maximum absolute atomic E-state index is 13.5. The van der Waals surface area contributed by atoms with Gasteiger partial charge in [0.25, 0.3) is 5.91 Å². The molecule has 29 heavy (non-hydrogen) atoms. The topological polar surface area (TPSA) is 91.4 Å². The van der Waals surface area contributed by atoms with E-state index in [0.29, 0.717) is 42.1 Å². The third kappa shape index (κ3) is 2.92. The summed E-state index contributed by atoms with van der Waals surface area (Å²) in [6, 6.07) is 5.63. The van der Waals surface area contributed by atoms with Gasteiger partial charge in [0.1, 0.15) is 11.0 Å². The standard InChI is InChI=1S/C21H27N5O3/c1-2-4-18(27)25-9-7-21(8-10-25)13-26(17-12-29-11-15(17)21)20(28)14-5-3-6-16-19(14)23-24-22-16/h3,5-6,15,17H,2,4,7-13H2,1H3,(H,22,23,24)/t15-,17+/m0/s1. The zero-order valence-corrected chi connectivity index (χ0v) is 16.8. The Hall–Kier alpha value is -2.48. The molecular formula is C21H27N5O3. The second-order valence-corrected chi connectivity index (χ2v) is 8.63. The number of benzene rings is 1. The molecule has 2 aromatic rings. The highest BCUT2D eigenvalue weighted by Crippen LogP contribution is 2.50. The summed E-state index contributed by atoms with van der Waals surface area (Å²) in [7, 11) is 0. The average Bonchev–Trinajstić information content (AvgIpc) is 3.46. The molecule has 4 heterocycles. The number of nitrogens with zero attached hydrogens (tertiary/aromatic N) is 4. The van der Waals surface area contributed by atoms with E-state index in [1.807, 2.05) is 34.9 Å². The SMILES string of the molecule is CCCC(=O)N1CCC2(CC1)CN(C(=O)c1cccc3n[nH]nc13)[C@@H]1COC[C@@H]12. The Labute approximate surface area is 169 Å². The van der Waals surface area contributed by atoms with Crippen LogP contribution >= 0.6 is 0 Å². The molecule has 3 fully saturated rings. The van der Waals surface area contributed by atoms with Gasteiger partial charge in [0.2, 0.25) is 5.91 Å². The number of likely N-dealkylation sites (tertiary alicyclic amines) is 2. The van der Waals surface area contributed by atoms with Crippen molar-refractivity contribution in [2.75, 3.05) is 32.8 Å². The Kier molecular flexibility index (Phi) is 4.53. The zero-order chi connectivity index (χ0) is 20.0.